The number of carbonyl (C=O) groups is 1. The maximum atomic E-state index is 11.5. The maximum Gasteiger partial charge on any atom is 0.252 e. The summed E-state index contributed by atoms with van der Waals surface area (Å²) in [6, 6.07) is 3.45. The van der Waals surface area contributed by atoms with Crippen molar-refractivity contribution in [2.75, 3.05) is 36.0 Å². The minimum Gasteiger partial charge on any atom is -0.365 e. The predicted molar refractivity (Wildman–Crippen MR) is 91.2 cm³/mol. The third-order valence-corrected chi connectivity index (χ3v) is 5.11. The average Bonchev–Trinajstić information content (AvgIpc) is 3.05. The van der Waals surface area contributed by atoms with Gasteiger partial charge in [0, 0.05) is 38.3 Å². The van der Waals surface area contributed by atoms with Crippen molar-refractivity contribution in [3.05, 3.63) is 28.9 Å². The van der Waals surface area contributed by atoms with Crippen molar-refractivity contribution in [3.63, 3.8) is 0 Å². The molecule has 0 saturated carbocycles. The Balaban J connectivity index is 1.70. The van der Waals surface area contributed by atoms with Crippen LogP contribution in [0.15, 0.2) is 18.3 Å². The van der Waals surface area contributed by atoms with Crippen LogP contribution in [0.5, 0.6) is 0 Å². The molecule has 2 aromatic rings. The molecule has 1 aliphatic heterocycles. The molecule has 3 rings (SSSR count). The summed E-state index contributed by atoms with van der Waals surface area (Å²) in [5.74, 6) is 0.621. The molecule has 1 amide bonds. The van der Waals surface area contributed by atoms with E-state index in [1.165, 1.54) is 0 Å². The highest BCUT2D eigenvalue weighted by Crippen LogP contribution is 2.27. The zero-order valence-electron chi connectivity index (χ0n) is 13.3. The molecule has 0 radical (unpaired) electrons. The van der Waals surface area contributed by atoms with Gasteiger partial charge in [0.1, 0.15) is 10.8 Å². The summed E-state index contributed by atoms with van der Waals surface area (Å²) in [4.78, 5) is 20.2. The van der Waals surface area contributed by atoms with Gasteiger partial charge in [0.2, 0.25) is 5.13 Å². The molecule has 2 aromatic heterocycles. The zero-order valence-corrected chi connectivity index (χ0v) is 14.1. The summed E-state index contributed by atoms with van der Waals surface area (Å²) in [5, 5.41) is 10.6. The fraction of sp³-hybridized carbons (Fsp3) is 0.467. The van der Waals surface area contributed by atoms with Gasteiger partial charge in [-0.3, -0.25) is 4.79 Å². The Bertz CT molecular complexity index is 693. The largest absolute Gasteiger partial charge is 0.365 e. The van der Waals surface area contributed by atoms with E-state index in [-0.39, 0.29) is 0 Å². The van der Waals surface area contributed by atoms with Gasteiger partial charge in [-0.25, -0.2) is 4.98 Å². The van der Waals surface area contributed by atoms with E-state index in [0.29, 0.717) is 17.3 Å². The van der Waals surface area contributed by atoms with Gasteiger partial charge in [-0.2, -0.15) is 0 Å². The molecule has 8 heteroatoms. The number of hydrogen-bond donors (Lipinski definition) is 1. The molecule has 0 spiro atoms. The summed E-state index contributed by atoms with van der Waals surface area (Å²) in [6.45, 7) is 7.42. The first-order valence-electron chi connectivity index (χ1n) is 7.64. The Hall–Kier alpha value is -2.22. The third kappa shape index (κ3) is 3.26. The number of anilines is 2. The van der Waals surface area contributed by atoms with Crippen LogP contribution in [0.25, 0.3) is 0 Å². The standard InChI is InChI=1S/C15H20N6OS/c1-10(2)14-18-19-15(23-14)21-8-6-20(7-9-21)13-11(12(16)22)4-3-5-17-13/h3-5,10H,6-9H2,1-2H3,(H2,16,22). The fourth-order valence-electron chi connectivity index (χ4n) is 2.54. The van der Waals surface area contributed by atoms with Gasteiger partial charge in [0.25, 0.3) is 5.91 Å². The summed E-state index contributed by atoms with van der Waals surface area (Å²) >= 11 is 1.65. The lowest BCUT2D eigenvalue weighted by molar-refractivity contribution is 0.100. The Morgan fingerprint density at radius 3 is 2.52 bits per heavy atom. The summed E-state index contributed by atoms with van der Waals surface area (Å²) < 4.78 is 0. The predicted octanol–water partition coefficient (Wildman–Crippen LogP) is 1.48. The van der Waals surface area contributed by atoms with Crippen molar-refractivity contribution in [2.24, 2.45) is 5.73 Å². The molecule has 0 aromatic carbocycles. The van der Waals surface area contributed by atoms with Crippen molar-refractivity contribution in [1.82, 2.24) is 15.2 Å². The maximum absolute atomic E-state index is 11.5. The van der Waals surface area contributed by atoms with Crippen molar-refractivity contribution >= 4 is 28.2 Å². The van der Waals surface area contributed by atoms with Gasteiger partial charge in [0.15, 0.2) is 0 Å². The number of nitrogens with two attached hydrogens (primary N) is 1. The molecule has 0 aliphatic carbocycles. The number of pyridine rings is 1. The average molecular weight is 332 g/mol. The second kappa shape index (κ2) is 6.49. The number of aromatic nitrogens is 3. The number of nitrogens with zero attached hydrogens (tertiary/aromatic N) is 5. The molecule has 1 saturated heterocycles. The summed E-state index contributed by atoms with van der Waals surface area (Å²) in [6.07, 6.45) is 1.69. The van der Waals surface area contributed by atoms with E-state index in [1.54, 1.807) is 29.7 Å². The summed E-state index contributed by atoms with van der Waals surface area (Å²) in [7, 11) is 0. The highest BCUT2D eigenvalue weighted by molar-refractivity contribution is 7.15. The molecule has 1 aliphatic rings. The van der Waals surface area contributed by atoms with Crippen molar-refractivity contribution in [2.45, 2.75) is 19.8 Å². The molecule has 23 heavy (non-hydrogen) atoms. The van der Waals surface area contributed by atoms with Crippen LogP contribution in [-0.4, -0.2) is 47.3 Å². The molecular weight excluding hydrogens is 312 g/mol. The highest BCUT2D eigenvalue weighted by Gasteiger charge is 2.23. The topological polar surface area (TPSA) is 88.2 Å². The lowest BCUT2D eigenvalue weighted by Gasteiger charge is -2.35. The van der Waals surface area contributed by atoms with Gasteiger partial charge >= 0.3 is 0 Å². The first kappa shape index (κ1) is 15.7. The molecule has 1 fully saturated rings. The van der Waals surface area contributed by atoms with Gasteiger partial charge in [-0.05, 0) is 12.1 Å². The second-order valence-electron chi connectivity index (χ2n) is 5.79. The molecular formula is C15H20N6OS. The third-order valence-electron chi connectivity index (χ3n) is 3.83. The number of amides is 1. The van der Waals surface area contributed by atoms with Crippen molar-refractivity contribution in [1.29, 1.82) is 0 Å². The molecule has 0 bridgehead atoms. The smallest absolute Gasteiger partial charge is 0.252 e. The van der Waals surface area contributed by atoms with E-state index in [0.717, 1.165) is 36.3 Å². The van der Waals surface area contributed by atoms with Gasteiger partial charge < -0.3 is 15.5 Å². The molecule has 0 unspecified atom stereocenters. The number of rotatable bonds is 4. The van der Waals surface area contributed by atoms with Crippen LogP contribution in [0.1, 0.15) is 35.1 Å². The van der Waals surface area contributed by atoms with Crippen LogP contribution in [0.4, 0.5) is 10.9 Å². The van der Waals surface area contributed by atoms with Gasteiger partial charge in [-0.15, -0.1) is 10.2 Å². The van der Waals surface area contributed by atoms with Crippen LogP contribution < -0.4 is 15.5 Å². The van der Waals surface area contributed by atoms with Gasteiger partial charge in [-0.1, -0.05) is 25.2 Å². The SMILES string of the molecule is CC(C)c1nnc(N2CCN(c3ncccc3C(N)=O)CC2)s1. The number of carbonyl (C=O) groups excluding carboxylic acids is 1. The van der Waals surface area contributed by atoms with E-state index in [2.05, 4.69) is 38.8 Å². The lowest BCUT2D eigenvalue weighted by atomic mass is 10.2. The van der Waals surface area contributed by atoms with Crippen LogP contribution in [0, 0.1) is 0 Å². The first-order valence-corrected chi connectivity index (χ1v) is 8.46. The molecule has 7 nitrogen and oxygen atoms in total. The minimum atomic E-state index is -0.443. The Morgan fingerprint density at radius 1 is 1.22 bits per heavy atom. The number of hydrogen-bond acceptors (Lipinski definition) is 7. The van der Waals surface area contributed by atoms with E-state index < -0.39 is 5.91 Å². The van der Waals surface area contributed by atoms with Crippen LogP contribution in [0.2, 0.25) is 0 Å². The monoisotopic (exact) mass is 332 g/mol. The molecule has 122 valence electrons. The number of primary amides is 1. The fourth-order valence-corrected chi connectivity index (χ4v) is 3.44. The van der Waals surface area contributed by atoms with Crippen molar-refractivity contribution < 1.29 is 4.79 Å². The van der Waals surface area contributed by atoms with E-state index >= 15 is 0 Å². The minimum absolute atomic E-state index is 0.397. The normalized spacial score (nSPS) is 15.3. The first-order chi connectivity index (χ1) is 11.1. The van der Waals surface area contributed by atoms with Crippen LogP contribution >= 0.6 is 11.3 Å². The van der Waals surface area contributed by atoms with Gasteiger partial charge in [0.05, 0.1) is 5.56 Å². The zero-order chi connectivity index (χ0) is 16.4. The molecule has 2 N–H and O–H groups in total. The van der Waals surface area contributed by atoms with E-state index in [1.807, 2.05) is 0 Å². The molecule has 3 heterocycles. The van der Waals surface area contributed by atoms with E-state index in [9.17, 15) is 4.79 Å². The second-order valence-corrected chi connectivity index (χ2v) is 6.78. The van der Waals surface area contributed by atoms with Crippen molar-refractivity contribution in [3.8, 4) is 0 Å². The Kier molecular flexibility index (Phi) is 4.42. The lowest BCUT2D eigenvalue weighted by Crippen LogP contribution is -2.47. The van der Waals surface area contributed by atoms with Crippen LogP contribution in [0.3, 0.4) is 0 Å². The number of piperazine rings is 1. The molecule has 0 atom stereocenters. The Morgan fingerprint density at radius 2 is 1.91 bits per heavy atom. The summed E-state index contributed by atoms with van der Waals surface area (Å²) in [5.41, 5.74) is 5.91. The van der Waals surface area contributed by atoms with Crippen LogP contribution in [-0.2, 0) is 0 Å². The quantitative estimate of drug-likeness (QED) is 0.912. The highest BCUT2D eigenvalue weighted by atomic mass is 32.1. The Labute approximate surface area is 139 Å². The van der Waals surface area contributed by atoms with E-state index in [4.69, 9.17) is 5.73 Å².